The van der Waals surface area contributed by atoms with Crippen molar-refractivity contribution in [3.8, 4) is 50.8 Å². The van der Waals surface area contributed by atoms with Crippen LogP contribution in [0.3, 0.4) is 0 Å². The fraction of sp³-hybridized carbons (Fsp3) is 0.0465. The van der Waals surface area contributed by atoms with E-state index in [-0.39, 0.29) is 12.0 Å². The molecule has 222 valence electrons. The molecule has 0 saturated heterocycles. The molecule has 9 rings (SSSR count). The molecule has 0 bridgehead atoms. The van der Waals surface area contributed by atoms with Crippen molar-refractivity contribution in [1.29, 1.82) is 0 Å². The summed E-state index contributed by atoms with van der Waals surface area (Å²) in [6.45, 7) is 0. The lowest BCUT2D eigenvalue weighted by Crippen LogP contribution is -2.21. The van der Waals surface area contributed by atoms with Gasteiger partial charge in [-0.05, 0) is 45.2 Å². The van der Waals surface area contributed by atoms with Crippen LogP contribution in [-0.2, 0) is 0 Å². The van der Waals surface area contributed by atoms with Crippen molar-refractivity contribution in [2.45, 2.75) is 12.0 Å². The van der Waals surface area contributed by atoms with Gasteiger partial charge in [-0.1, -0.05) is 152 Å². The number of hydrogen-bond donors (Lipinski definition) is 0. The van der Waals surface area contributed by atoms with E-state index in [4.69, 9.17) is 19.7 Å². The number of hydrogen-bond acceptors (Lipinski definition) is 4. The van der Waals surface area contributed by atoms with E-state index in [1.807, 2.05) is 60.7 Å². The summed E-state index contributed by atoms with van der Waals surface area (Å²) in [5.74, 6) is 2.79. The molecule has 0 fully saturated rings. The third-order valence-electron chi connectivity index (χ3n) is 9.13. The lowest BCUT2D eigenvalue weighted by atomic mass is 9.80. The summed E-state index contributed by atoms with van der Waals surface area (Å²) < 4.78 is 6.60. The van der Waals surface area contributed by atoms with Gasteiger partial charge in [-0.3, -0.25) is 0 Å². The van der Waals surface area contributed by atoms with E-state index in [0.29, 0.717) is 17.5 Å². The Morgan fingerprint density at radius 3 is 1.77 bits per heavy atom. The molecule has 1 aromatic heterocycles. The van der Waals surface area contributed by atoms with Crippen LogP contribution in [0.2, 0.25) is 0 Å². The number of fused-ring (bicyclic) bond motifs is 4. The molecule has 0 saturated carbocycles. The number of nitrogens with zero attached hydrogens (tertiary/aromatic N) is 3. The molecule has 4 nitrogen and oxygen atoms in total. The standard InChI is InChI=1S/C43H29N3O/c1-3-13-31(14-4-1)41-44-42(32-15-5-2-6-16-32)46-43(45-41)36-21-11-23-38-40(36)39-35(20-10-22-37(39)47-38)30-26-24-29(25-27-30)34-19-9-17-28-12-7-8-18-33(28)34/h1-27,38,40H. The molecule has 7 aromatic rings. The normalized spacial score (nSPS) is 16.3. The van der Waals surface area contributed by atoms with Crippen LogP contribution >= 0.6 is 0 Å². The first-order valence-electron chi connectivity index (χ1n) is 15.9. The molecule has 1 aliphatic heterocycles. The van der Waals surface area contributed by atoms with E-state index in [0.717, 1.165) is 39.1 Å². The van der Waals surface area contributed by atoms with Crippen molar-refractivity contribution < 1.29 is 4.74 Å². The SMILES string of the molecule is C1=CC2Oc3cccc(-c4ccc(-c5cccc6ccccc56)cc4)c3C2C(c2nc(-c3ccccc3)nc(-c3ccccc3)n2)=C1. The van der Waals surface area contributed by atoms with Gasteiger partial charge in [0.25, 0.3) is 0 Å². The topological polar surface area (TPSA) is 47.9 Å². The van der Waals surface area contributed by atoms with Crippen molar-refractivity contribution in [3.05, 3.63) is 175 Å². The van der Waals surface area contributed by atoms with Gasteiger partial charge in [-0.2, -0.15) is 0 Å². The Hall–Kier alpha value is -6.13. The summed E-state index contributed by atoms with van der Waals surface area (Å²) in [6.07, 6.45) is 6.19. The van der Waals surface area contributed by atoms with Gasteiger partial charge in [-0.25, -0.2) is 15.0 Å². The van der Waals surface area contributed by atoms with Gasteiger partial charge in [-0.15, -0.1) is 0 Å². The second kappa shape index (κ2) is 11.3. The third kappa shape index (κ3) is 4.82. The summed E-state index contributed by atoms with van der Waals surface area (Å²) in [5, 5.41) is 2.50. The van der Waals surface area contributed by atoms with Crippen LogP contribution < -0.4 is 4.74 Å². The van der Waals surface area contributed by atoms with Crippen molar-refractivity contribution in [2.24, 2.45) is 0 Å². The van der Waals surface area contributed by atoms with Gasteiger partial charge in [0, 0.05) is 22.3 Å². The van der Waals surface area contributed by atoms with E-state index in [9.17, 15) is 0 Å². The van der Waals surface area contributed by atoms with Gasteiger partial charge in [0.1, 0.15) is 11.9 Å². The Bertz CT molecular complexity index is 2260. The van der Waals surface area contributed by atoms with Crippen LogP contribution in [0.25, 0.3) is 61.4 Å². The zero-order chi connectivity index (χ0) is 31.2. The predicted octanol–water partition coefficient (Wildman–Crippen LogP) is 10.2. The minimum Gasteiger partial charge on any atom is -0.485 e. The minimum absolute atomic E-state index is 0.0707. The van der Waals surface area contributed by atoms with Crippen LogP contribution in [0, 0.1) is 0 Å². The Balaban J connectivity index is 1.15. The highest BCUT2D eigenvalue weighted by Crippen LogP contribution is 2.51. The van der Waals surface area contributed by atoms with Crippen molar-refractivity contribution >= 4 is 16.3 Å². The largest absolute Gasteiger partial charge is 0.485 e. The lowest BCUT2D eigenvalue weighted by Gasteiger charge is -2.23. The fourth-order valence-corrected chi connectivity index (χ4v) is 6.91. The second-order valence-electron chi connectivity index (χ2n) is 11.9. The fourth-order valence-electron chi connectivity index (χ4n) is 6.91. The molecule has 4 heteroatoms. The Kier molecular flexibility index (Phi) is 6.57. The maximum atomic E-state index is 6.60. The first kappa shape index (κ1) is 27.2. The number of ether oxygens (including phenoxy) is 1. The molecule has 47 heavy (non-hydrogen) atoms. The summed E-state index contributed by atoms with van der Waals surface area (Å²) >= 11 is 0. The molecule has 0 radical (unpaired) electrons. The minimum atomic E-state index is -0.154. The Morgan fingerprint density at radius 1 is 0.468 bits per heavy atom. The summed E-state index contributed by atoms with van der Waals surface area (Å²) in [4.78, 5) is 15.1. The van der Waals surface area contributed by atoms with Crippen LogP contribution in [0.15, 0.2) is 164 Å². The first-order valence-corrected chi connectivity index (χ1v) is 15.9. The van der Waals surface area contributed by atoms with Gasteiger partial charge in [0.15, 0.2) is 17.5 Å². The molecular formula is C43H29N3O. The smallest absolute Gasteiger partial charge is 0.164 e. The number of rotatable bonds is 5. The number of aromatic nitrogens is 3. The van der Waals surface area contributed by atoms with Crippen LogP contribution in [0.4, 0.5) is 0 Å². The van der Waals surface area contributed by atoms with Crippen molar-refractivity contribution in [1.82, 2.24) is 15.0 Å². The van der Waals surface area contributed by atoms with Gasteiger partial charge >= 0.3 is 0 Å². The highest BCUT2D eigenvalue weighted by Gasteiger charge is 2.40. The molecule has 6 aromatic carbocycles. The van der Waals surface area contributed by atoms with Crippen molar-refractivity contribution in [2.75, 3.05) is 0 Å². The average molecular weight is 604 g/mol. The second-order valence-corrected chi connectivity index (χ2v) is 11.9. The molecular weight excluding hydrogens is 574 g/mol. The van der Waals surface area contributed by atoms with E-state index in [1.165, 1.54) is 21.9 Å². The molecule has 2 heterocycles. The van der Waals surface area contributed by atoms with E-state index < -0.39 is 0 Å². The Labute approximate surface area is 273 Å². The third-order valence-corrected chi connectivity index (χ3v) is 9.13. The molecule has 0 N–H and O–H groups in total. The van der Waals surface area contributed by atoms with Crippen LogP contribution in [-0.4, -0.2) is 21.1 Å². The van der Waals surface area contributed by atoms with Gasteiger partial charge < -0.3 is 4.74 Å². The maximum absolute atomic E-state index is 6.60. The average Bonchev–Trinajstić information content (AvgIpc) is 3.55. The van der Waals surface area contributed by atoms with Gasteiger partial charge in [0.2, 0.25) is 0 Å². The molecule has 0 amide bonds. The molecule has 2 aliphatic rings. The predicted molar refractivity (Wildman–Crippen MR) is 190 cm³/mol. The zero-order valence-corrected chi connectivity index (χ0v) is 25.5. The van der Waals surface area contributed by atoms with E-state index in [1.54, 1.807) is 0 Å². The first-order chi connectivity index (χ1) is 23.3. The van der Waals surface area contributed by atoms with E-state index in [2.05, 4.69) is 103 Å². The quantitative estimate of drug-likeness (QED) is 0.196. The zero-order valence-electron chi connectivity index (χ0n) is 25.5. The van der Waals surface area contributed by atoms with E-state index >= 15 is 0 Å². The molecule has 1 aliphatic carbocycles. The van der Waals surface area contributed by atoms with Gasteiger partial charge in [0.05, 0.1) is 5.92 Å². The Morgan fingerprint density at radius 2 is 1.04 bits per heavy atom. The highest BCUT2D eigenvalue weighted by molar-refractivity contribution is 5.97. The molecule has 2 atom stereocenters. The van der Waals surface area contributed by atoms with Crippen LogP contribution in [0.5, 0.6) is 5.75 Å². The summed E-state index contributed by atoms with van der Waals surface area (Å²) in [6, 6.07) is 50.5. The van der Waals surface area contributed by atoms with Crippen molar-refractivity contribution in [3.63, 3.8) is 0 Å². The maximum Gasteiger partial charge on any atom is 0.164 e. The lowest BCUT2D eigenvalue weighted by molar-refractivity contribution is 0.271. The summed E-state index contributed by atoms with van der Waals surface area (Å²) in [7, 11) is 0. The number of benzene rings is 6. The number of allylic oxidation sites excluding steroid dienone is 2. The molecule has 2 unspecified atom stereocenters. The molecule has 0 spiro atoms. The highest BCUT2D eigenvalue weighted by atomic mass is 16.5. The van der Waals surface area contributed by atoms with Crippen LogP contribution in [0.1, 0.15) is 17.3 Å². The summed E-state index contributed by atoms with van der Waals surface area (Å²) in [5.41, 5.74) is 8.81. The monoisotopic (exact) mass is 603 g/mol.